The lowest BCUT2D eigenvalue weighted by atomic mass is 10.1. The second-order valence-electron chi connectivity index (χ2n) is 6.07. The van der Waals surface area contributed by atoms with Gasteiger partial charge >= 0.3 is 0 Å². The molecule has 3 heterocycles. The van der Waals surface area contributed by atoms with E-state index in [0.29, 0.717) is 12.0 Å². The van der Waals surface area contributed by atoms with E-state index in [2.05, 4.69) is 23.4 Å². The smallest absolute Gasteiger partial charge is 0.160 e. The van der Waals surface area contributed by atoms with Crippen LogP contribution in [0.2, 0.25) is 0 Å². The summed E-state index contributed by atoms with van der Waals surface area (Å²) >= 11 is 0. The first-order valence-corrected chi connectivity index (χ1v) is 7.66. The fourth-order valence-electron chi connectivity index (χ4n) is 2.87. The van der Waals surface area contributed by atoms with Gasteiger partial charge in [-0.2, -0.15) is 0 Å². The van der Waals surface area contributed by atoms with Crippen molar-refractivity contribution in [2.45, 2.75) is 52.2 Å². The van der Waals surface area contributed by atoms with Gasteiger partial charge in [0, 0.05) is 19.2 Å². The predicted octanol–water partition coefficient (Wildman–Crippen LogP) is 3.20. The molecule has 0 amide bonds. The number of hydrogen-bond donors (Lipinski definition) is 0. The molecule has 1 saturated heterocycles. The molecule has 2 aromatic rings. The maximum atomic E-state index is 5.88. The number of ether oxygens (including phenoxy) is 1. The number of hydrogen-bond acceptors (Lipinski definition) is 3. The Kier molecular flexibility index (Phi) is 4.01. The first-order chi connectivity index (χ1) is 9.74. The van der Waals surface area contributed by atoms with Crippen molar-refractivity contribution in [2.24, 2.45) is 5.92 Å². The molecule has 0 N–H and O–H groups in total. The van der Waals surface area contributed by atoms with Gasteiger partial charge in [-0.3, -0.25) is 0 Å². The van der Waals surface area contributed by atoms with E-state index in [-0.39, 0.29) is 0 Å². The third-order valence-electron chi connectivity index (χ3n) is 3.83. The summed E-state index contributed by atoms with van der Waals surface area (Å²) < 4.78 is 8.15. The van der Waals surface area contributed by atoms with Crippen LogP contribution in [-0.4, -0.2) is 27.2 Å². The molecule has 2 aromatic heterocycles. The van der Waals surface area contributed by atoms with Gasteiger partial charge in [0.25, 0.3) is 0 Å². The summed E-state index contributed by atoms with van der Waals surface area (Å²) in [5.74, 6) is 1.74. The molecule has 4 nitrogen and oxygen atoms in total. The molecule has 4 heteroatoms. The number of imidazole rings is 1. The largest absolute Gasteiger partial charge is 0.376 e. The zero-order valence-corrected chi connectivity index (χ0v) is 12.4. The highest BCUT2D eigenvalue weighted by atomic mass is 16.5. The van der Waals surface area contributed by atoms with E-state index < -0.39 is 0 Å². The van der Waals surface area contributed by atoms with Gasteiger partial charge in [0.05, 0.1) is 12.6 Å². The second-order valence-corrected chi connectivity index (χ2v) is 6.07. The fourth-order valence-corrected chi connectivity index (χ4v) is 2.87. The van der Waals surface area contributed by atoms with Gasteiger partial charge in [-0.1, -0.05) is 13.8 Å². The average Bonchev–Trinajstić information content (AvgIpc) is 2.77. The molecular formula is C16H23N3O. The Morgan fingerprint density at radius 1 is 1.40 bits per heavy atom. The highest BCUT2D eigenvalue weighted by Gasteiger charge is 2.19. The minimum atomic E-state index is 0.314. The molecule has 0 saturated carbocycles. The van der Waals surface area contributed by atoms with Crippen molar-refractivity contribution in [3.8, 4) is 0 Å². The maximum absolute atomic E-state index is 5.88. The molecule has 0 aromatic carbocycles. The number of pyridine rings is 1. The molecule has 20 heavy (non-hydrogen) atoms. The van der Waals surface area contributed by atoms with Crippen molar-refractivity contribution < 1.29 is 4.74 Å². The van der Waals surface area contributed by atoms with E-state index in [0.717, 1.165) is 43.0 Å². The third kappa shape index (κ3) is 2.85. The molecule has 1 aliphatic heterocycles. The standard InChI is InChI=1S/C16H23N3O/c1-12(2)10-15-18-14-7-5-8-17-16(14)19(15)11-13-6-3-4-9-20-13/h5,7-8,12-13H,3-4,6,9-11H2,1-2H3. The lowest BCUT2D eigenvalue weighted by Gasteiger charge is -2.24. The van der Waals surface area contributed by atoms with Crippen molar-refractivity contribution >= 4 is 11.2 Å². The molecule has 0 aliphatic carbocycles. The van der Waals surface area contributed by atoms with Crippen LogP contribution in [0.1, 0.15) is 38.9 Å². The Labute approximate surface area is 120 Å². The van der Waals surface area contributed by atoms with E-state index in [1.807, 2.05) is 18.3 Å². The highest BCUT2D eigenvalue weighted by molar-refractivity contribution is 5.71. The zero-order valence-electron chi connectivity index (χ0n) is 12.4. The van der Waals surface area contributed by atoms with Crippen LogP contribution in [0.5, 0.6) is 0 Å². The lowest BCUT2D eigenvalue weighted by molar-refractivity contribution is 0.00604. The van der Waals surface area contributed by atoms with Crippen LogP contribution in [0.3, 0.4) is 0 Å². The van der Waals surface area contributed by atoms with E-state index in [1.54, 1.807) is 0 Å². The van der Waals surface area contributed by atoms with Gasteiger partial charge in [-0.25, -0.2) is 9.97 Å². The number of nitrogens with zero attached hydrogens (tertiary/aromatic N) is 3. The number of fused-ring (bicyclic) bond motifs is 1. The summed E-state index contributed by atoms with van der Waals surface area (Å²) in [7, 11) is 0. The van der Waals surface area contributed by atoms with Gasteiger partial charge in [-0.05, 0) is 37.3 Å². The summed E-state index contributed by atoms with van der Waals surface area (Å²) in [6.07, 6.45) is 6.76. The molecular weight excluding hydrogens is 250 g/mol. The van der Waals surface area contributed by atoms with Gasteiger partial charge in [0.2, 0.25) is 0 Å². The van der Waals surface area contributed by atoms with Gasteiger partial charge in [0.15, 0.2) is 5.65 Å². The molecule has 1 atom stereocenters. The average molecular weight is 273 g/mol. The number of rotatable bonds is 4. The van der Waals surface area contributed by atoms with Crippen LogP contribution in [0.4, 0.5) is 0 Å². The normalized spacial score (nSPS) is 19.9. The molecule has 1 unspecified atom stereocenters. The monoisotopic (exact) mass is 273 g/mol. The van der Waals surface area contributed by atoms with Crippen molar-refractivity contribution in [3.63, 3.8) is 0 Å². The predicted molar refractivity (Wildman–Crippen MR) is 79.7 cm³/mol. The number of aromatic nitrogens is 3. The third-order valence-corrected chi connectivity index (χ3v) is 3.83. The van der Waals surface area contributed by atoms with Crippen LogP contribution in [-0.2, 0) is 17.7 Å². The van der Waals surface area contributed by atoms with Crippen LogP contribution in [0.25, 0.3) is 11.2 Å². The Morgan fingerprint density at radius 2 is 2.30 bits per heavy atom. The fraction of sp³-hybridized carbons (Fsp3) is 0.625. The molecule has 0 radical (unpaired) electrons. The highest BCUT2D eigenvalue weighted by Crippen LogP contribution is 2.20. The summed E-state index contributed by atoms with van der Waals surface area (Å²) in [6.45, 7) is 6.24. The second kappa shape index (κ2) is 5.92. The molecule has 0 spiro atoms. The SMILES string of the molecule is CC(C)Cc1nc2cccnc2n1CC1CCCCO1. The molecule has 1 aliphatic rings. The molecule has 1 fully saturated rings. The zero-order chi connectivity index (χ0) is 13.9. The first kappa shape index (κ1) is 13.6. The van der Waals surface area contributed by atoms with Crippen LogP contribution in [0, 0.1) is 5.92 Å². The summed E-state index contributed by atoms with van der Waals surface area (Å²) in [6, 6.07) is 4.00. The summed E-state index contributed by atoms with van der Waals surface area (Å²) in [5, 5.41) is 0. The first-order valence-electron chi connectivity index (χ1n) is 7.66. The van der Waals surface area contributed by atoms with Gasteiger partial charge in [-0.15, -0.1) is 0 Å². The van der Waals surface area contributed by atoms with E-state index in [9.17, 15) is 0 Å². The van der Waals surface area contributed by atoms with Crippen LogP contribution >= 0.6 is 0 Å². The molecule has 3 rings (SSSR count). The van der Waals surface area contributed by atoms with Crippen LogP contribution < -0.4 is 0 Å². The van der Waals surface area contributed by atoms with Gasteiger partial charge < -0.3 is 9.30 Å². The summed E-state index contributed by atoms with van der Waals surface area (Å²) in [5.41, 5.74) is 2.00. The minimum Gasteiger partial charge on any atom is -0.376 e. The van der Waals surface area contributed by atoms with Crippen LogP contribution in [0.15, 0.2) is 18.3 Å². The molecule has 108 valence electrons. The van der Waals surface area contributed by atoms with E-state index in [4.69, 9.17) is 9.72 Å². The van der Waals surface area contributed by atoms with Crippen molar-refractivity contribution in [2.75, 3.05) is 6.61 Å². The van der Waals surface area contributed by atoms with Crippen molar-refractivity contribution in [1.82, 2.24) is 14.5 Å². The van der Waals surface area contributed by atoms with E-state index in [1.165, 1.54) is 12.8 Å². The molecule has 0 bridgehead atoms. The summed E-state index contributed by atoms with van der Waals surface area (Å²) in [4.78, 5) is 9.28. The van der Waals surface area contributed by atoms with E-state index >= 15 is 0 Å². The quantitative estimate of drug-likeness (QED) is 0.859. The Hall–Kier alpha value is -1.42. The maximum Gasteiger partial charge on any atom is 0.160 e. The minimum absolute atomic E-state index is 0.314. The topological polar surface area (TPSA) is 39.9 Å². The van der Waals surface area contributed by atoms with Gasteiger partial charge in [0.1, 0.15) is 11.3 Å². The Balaban J connectivity index is 1.92. The Bertz CT molecular complexity index is 570. The van der Waals surface area contributed by atoms with Crippen molar-refractivity contribution in [1.29, 1.82) is 0 Å². The lowest BCUT2D eigenvalue weighted by Crippen LogP contribution is -2.25. The Morgan fingerprint density at radius 3 is 3.05 bits per heavy atom. The van der Waals surface area contributed by atoms with Crippen molar-refractivity contribution in [3.05, 3.63) is 24.2 Å².